The lowest BCUT2D eigenvalue weighted by molar-refractivity contribution is -0.148. The lowest BCUT2D eigenvalue weighted by Crippen LogP contribution is -2.63. The highest BCUT2D eigenvalue weighted by Gasteiger charge is 2.46. The Kier molecular flexibility index (Phi) is 9.58. The molecule has 0 spiro atoms. The minimum Gasteiger partial charge on any atom is -0.497 e. The van der Waals surface area contributed by atoms with E-state index in [4.69, 9.17) is 9.47 Å². The van der Waals surface area contributed by atoms with Gasteiger partial charge in [-0.05, 0) is 66.9 Å². The average molecular weight is 612 g/mol. The van der Waals surface area contributed by atoms with E-state index in [1.54, 1.807) is 30.3 Å². The largest absolute Gasteiger partial charge is 0.497 e. The summed E-state index contributed by atoms with van der Waals surface area (Å²) >= 11 is 0. The predicted molar refractivity (Wildman–Crippen MR) is 158 cm³/mol. The van der Waals surface area contributed by atoms with E-state index in [9.17, 15) is 22.8 Å². The zero-order valence-electron chi connectivity index (χ0n) is 24.6. The molecule has 2 aliphatic heterocycles. The highest BCUT2D eigenvalue weighted by atomic mass is 19.4. The van der Waals surface area contributed by atoms with Crippen LogP contribution in [-0.4, -0.2) is 85.2 Å². The number of ether oxygens (including phenoxy) is 2. The molecule has 2 amide bonds. The molecular formula is C32H36F3N5O4. The molecule has 0 aliphatic carbocycles. The number of hydrogen-bond acceptors (Lipinski definition) is 7. The first-order chi connectivity index (χ1) is 21.1. The van der Waals surface area contributed by atoms with E-state index in [0.29, 0.717) is 38.2 Å². The molecule has 0 bridgehead atoms. The van der Waals surface area contributed by atoms with Gasteiger partial charge in [-0.25, -0.2) is 4.98 Å². The summed E-state index contributed by atoms with van der Waals surface area (Å²) in [7, 11) is 1.57. The van der Waals surface area contributed by atoms with Gasteiger partial charge in [0.15, 0.2) is 0 Å². The number of nitrogens with zero attached hydrogens (tertiary/aromatic N) is 4. The van der Waals surface area contributed by atoms with Crippen molar-refractivity contribution >= 4 is 17.6 Å². The summed E-state index contributed by atoms with van der Waals surface area (Å²) < 4.78 is 50.9. The maximum atomic E-state index is 13.9. The van der Waals surface area contributed by atoms with Crippen LogP contribution in [0.15, 0.2) is 72.9 Å². The van der Waals surface area contributed by atoms with Crippen LogP contribution in [0.3, 0.4) is 0 Å². The van der Waals surface area contributed by atoms with Gasteiger partial charge in [-0.15, -0.1) is 0 Å². The average Bonchev–Trinajstić information content (AvgIpc) is 3.04. The fourth-order valence-electron chi connectivity index (χ4n) is 5.54. The van der Waals surface area contributed by atoms with Crippen LogP contribution in [0.2, 0.25) is 0 Å². The highest BCUT2D eigenvalue weighted by Crippen LogP contribution is 2.33. The Morgan fingerprint density at radius 3 is 2.27 bits per heavy atom. The Morgan fingerprint density at radius 1 is 0.932 bits per heavy atom. The Bertz CT molecular complexity index is 1400. The minimum absolute atomic E-state index is 0.0255. The van der Waals surface area contributed by atoms with Gasteiger partial charge in [-0.1, -0.05) is 18.2 Å². The van der Waals surface area contributed by atoms with Crippen LogP contribution < -0.4 is 19.7 Å². The summed E-state index contributed by atoms with van der Waals surface area (Å²) in [6.45, 7) is 3.58. The molecule has 2 aliphatic rings. The standard InChI is InChI=1S/C32H36F3N5O4/c1-43-26-10-6-24(7-11-26)21-29(41)40-16-4-14-31(22-40,44-27-12-8-25(9-13-27)32(33,34)35)30(42)37-23-38-17-19-39(20-18-38)28-5-2-3-15-36-28/h2-3,5-13,15H,4,14,16-23H2,1H3,(H,37,42). The number of nitrogens with one attached hydrogen (secondary N) is 1. The van der Waals surface area contributed by atoms with E-state index in [-0.39, 0.29) is 31.3 Å². The van der Waals surface area contributed by atoms with Crippen molar-refractivity contribution in [2.75, 3.05) is 57.9 Å². The van der Waals surface area contributed by atoms with Gasteiger partial charge in [-0.3, -0.25) is 14.5 Å². The summed E-state index contributed by atoms with van der Waals surface area (Å²) in [5.41, 5.74) is -1.48. The number of carbonyl (C=O) groups is 2. The van der Waals surface area contributed by atoms with Crippen LogP contribution in [0.4, 0.5) is 19.0 Å². The second-order valence-electron chi connectivity index (χ2n) is 11.0. The number of carbonyl (C=O) groups excluding carboxylic acids is 2. The lowest BCUT2D eigenvalue weighted by Gasteiger charge is -2.42. The molecule has 5 rings (SSSR count). The molecular weight excluding hydrogens is 575 g/mol. The number of likely N-dealkylation sites (tertiary alicyclic amines) is 1. The molecule has 9 nitrogen and oxygen atoms in total. The lowest BCUT2D eigenvalue weighted by atomic mass is 9.90. The molecule has 3 aromatic rings. The smallest absolute Gasteiger partial charge is 0.416 e. The van der Waals surface area contributed by atoms with Crippen molar-refractivity contribution in [1.82, 2.24) is 20.1 Å². The summed E-state index contributed by atoms with van der Waals surface area (Å²) in [6.07, 6.45) is -1.82. The molecule has 2 aromatic carbocycles. The molecule has 3 heterocycles. The molecule has 2 saturated heterocycles. The fourth-order valence-corrected chi connectivity index (χ4v) is 5.54. The Balaban J connectivity index is 1.28. The molecule has 0 saturated carbocycles. The van der Waals surface area contributed by atoms with Crippen LogP contribution in [0, 0.1) is 0 Å². The Hall–Kier alpha value is -4.32. The zero-order chi connectivity index (χ0) is 31.2. The minimum atomic E-state index is -4.50. The van der Waals surface area contributed by atoms with Gasteiger partial charge >= 0.3 is 6.18 Å². The number of piperidine rings is 1. The molecule has 44 heavy (non-hydrogen) atoms. The third kappa shape index (κ3) is 7.60. The molecule has 1 N–H and O–H groups in total. The topological polar surface area (TPSA) is 87.2 Å². The second-order valence-corrected chi connectivity index (χ2v) is 11.0. The van der Waals surface area contributed by atoms with E-state index in [0.717, 1.165) is 36.6 Å². The molecule has 0 radical (unpaired) electrons. The monoisotopic (exact) mass is 611 g/mol. The summed E-state index contributed by atoms with van der Waals surface area (Å²) in [6, 6.07) is 17.2. The van der Waals surface area contributed by atoms with Crippen molar-refractivity contribution in [2.24, 2.45) is 0 Å². The second kappa shape index (κ2) is 13.5. The quantitative estimate of drug-likeness (QED) is 0.392. The molecule has 1 aromatic heterocycles. The highest BCUT2D eigenvalue weighted by molar-refractivity contribution is 5.87. The van der Waals surface area contributed by atoms with Crippen molar-refractivity contribution < 1.29 is 32.2 Å². The van der Waals surface area contributed by atoms with Crippen LogP contribution in [-0.2, 0) is 22.2 Å². The summed E-state index contributed by atoms with van der Waals surface area (Å²) in [5, 5.41) is 2.99. The first-order valence-corrected chi connectivity index (χ1v) is 14.6. The molecule has 234 valence electrons. The number of halogens is 3. The van der Waals surface area contributed by atoms with Crippen LogP contribution in [0.1, 0.15) is 24.0 Å². The van der Waals surface area contributed by atoms with Crippen molar-refractivity contribution in [2.45, 2.75) is 31.0 Å². The van der Waals surface area contributed by atoms with Crippen LogP contribution in [0.25, 0.3) is 0 Å². The number of hydrogen-bond donors (Lipinski definition) is 1. The van der Waals surface area contributed by atoms with Crippen LogP contribution >= 0.6 is 0 Å². The normalized spacial score (nSPS) is 19.4. The SMILES string of the molecule is COc1ccc(CC(=O)N2CCCC(Oc3ccc(C(F)(F)F)cc3)(C(=O)NCN3CCN(c4ccccn4)CC3)C2)cc1. The third-order valence-corrected chi connectivity index (χ3v) is 8.04. The van der Waals surface area contributed by atoms with Gasteiger partial charge in [0.2, 0.25) is 11.5 Å². The van der Waals surface area contributed by atoms with E-state index in [1.807, 2.05) is 30.3 Å². The number of aromatic nitrogens is 1. The molecule has 1 atom stereocenters. The van der Waals surface area contributed by atoms with Gasteiger partial charge in [0.25, 0.3) is 5.91 Å². The number of piperazine rings is 1. The van der Waals surface area contributed by atoms with E-state index < -0.39 is 23.2 Å². The molecule has 12 heteroatoms. The number of amides is 2. The zero-order valence-corrected chi connectivity index (χ0v) is 24.6. The van der Waals surface area contributed by atoms with Gasteiger partial charge < -0.3 is 24.6 Å². The van der Waals surface area contributed by atoms with Crippen LogP contribution in [0.5, 0.6) is 11.5 Å². The van der Waals surface area contributed by atoms with Gasteiger partial charge in [0.1, 0.15) is 17.3 Å². The maximum Gasteiger partial charge on any atom is 0.416 e. The third-order valence-electron chi connectivity index (χ3n) is 8.04. The number of alkyl halides is 3. The number of methoxy groups -OCH3 is 1. The van der Waals surface area contributed by atoms with Crippen molar-refractivity contribution in [3.8, 4) is 11.5 Å². The van der Waals surface area contributed by atoms with Crippen molar-refractivity contribution in [3.05, 3.63) is 84.1 Å². The fraction of sp³-hybridized carbons (Fsp3) is 0.406. The summed E-state index contributed by atoms with van der Waals surface area (Å²) in [5.74, 6) is 1.13. The van der Waals surface area contributed by atoms with E-state index >= 15 is 0 Å². The predicted octanol–water partition coefficient (Wildman–Crippen LogP) is 3.99. The number of pyridine rings is 1. The first kappa shape index (κ1) is 31.1. The van der Waals surface area contributed by atoms with Gasteiger partial charge in [0, 0.05) is 38.9 Å². The molecule has 2 fully saturated rings. The first-order valence-electron chi connectivity index (χ1n) is 14.6. The number of rotatable bonds is 9. The maximum absolute atomic E-state index is 13.9. The number of benzene rings is 2. The molecule has 1 unspecified atom stereocenters. The van der Waals surface area contributed by atoms with Gasteiger partial charge in [0.05, 0.1) is 32.3 Å². The van der Waals surface area contributed by atoms with Crippen molar-refractivity contribution in [3.63, 3.8) is 0 Å². The van der Waals surface area contributed by atoms with Gasteiger partial charge in [-0.2, -0.15) is 13.2 Å². The Morgan fingerprint density at radius 2 is 1.64 bits per heavy atom. The van der Waals surface area contributed by atoms with Crippen molar-refractivity contribution in [1.29, 1.82) is 0 Å². The van der Waals surface area contributed by atoms with E-state index in [2.05, 4.69) is 20.1 Å². The Labute approximate surface area is 254 Å². The van der Waals surface area contributed by atoms with E-state index in [1.165, 1.54) is 12.1 Å². The summed E-state index contributed by atoms with van der Waals surface area (Å²) in [4.78, 5) is 37.5. The number of anilines is 1.